The minimum Gasteiger partial charge on any atom is -0.475 e. The van der Waals surface area contributed by atoms with E-state index in [-0.39, 0.29) is 5.41 Å². The number of rotatable bonds is 5. The summed E-state index contributed by atoms with van der Waals surface area (Å²) >= 11 is 0. The van der Waals surface area contributed by atoms with E-state index in [1.54, 1.807) is 0 Å². The third kappa shape index (κ3) is 10.9. The summed E-state index contributed by atoms with van der Waals surface area (Å²) in [4.78, 5) is 37.4. The Bertz CT molecular complexity index is 903. The summed E-state index contributed by atoms with van der Waals surface area (Å²) in [5.41, 5.74) is 2.63. The highest BCUT2D eigenvalue weighted by molar-refractivity contribution is 5.85. The van der Waals surface area contributed by atoms with Crippen molar-refractivity contribution in [2.24, 2.45) is 5.41 Å². The van der Waals surface area contributed by atoms with E-state index in [0.717, 1.165) is 58.5 Å². The molecule has 2 N–H and O–H groups in total. The van der Waals surface area contributed by atoms with Crippen molar-refractivity contribution in [2.75, 3.05) is 46.8 Å². The number of likely N-dealkylation sites (tertiary alicyclic amines) is 2. The Morgan fingerprint density at radius 2 is 1.32 bits per heavy atom. The molecule has 216 valence electrons. The van der Waals surface area contributed by atoms with E-state index in [0.29, 0.717) is 5.91 Å². The van der Waals surface area contributed by atoms with E-state index in [4.69, 9.17) is 19.8 Å². The molecule has 1 spiro atoms. The maximum Gasteiger partial charge on any atom is 0.490 e. The second-order valence-corrected chi connectivity index (χ2v) is 9.49. The van der Waals surface area contributed by atoms with Gasteiger partial charge in [-0.25, -0.2) is 9.59 Å². The van der Waals surface area contributed by atoms with E-state index in [1.165, 1.54) is 11.1 Å². The first-order valence-corrected chi connectivity index (χ1v) is 11.7. The third-order valence-electron chi connectivity index (χ3n) is 6.24. The average Bonchev–Trinajstić information content (AvgIpc) is 3.10. The van der Waals surface area contributed by atoms with Crippen LogP contribution in [-0.2, 0) is 20.9 Å². The highest BCUT2D eigenvalue weighted by Gasteiger charge is 2.47. The van der Waals surface area contributed by atoms with Gasteiger partial charge < -0.3 is 20.0 Å². The van der Waals surface area contributed by atoms with E-state index in [2.05, 4.69) is 60.0 Å². The molecular formula is C24H33F6N3O5. The minimum absolute atomic E-state index is 0.0594. The zero-order valence-electron chi connectivity index (χ0n) is 21.4. The Kier molecular flexibility index (Phi) is 12.0. The Morgan fingerprint density at radius 1 is 0.895 bits per heavy atom. The number of aryl methyl sites for hydroxylation is 1. The van der Waals surface area contributed by atoms with Gasteiger partial charge in [0.05, 0.1) is 5.41 Å². The normalized spacial score (nSPS) is 17.5. The highest BCUT2D eigenvalue weighted by atomic mass is 19.4. The van der Waals surface area contributed by atoms with Crippen LogP contribution in [0.3, 0.4) is 0 Å². The molecule has 3 rings (SSSR count). The van der Waals surface area contributed by atoms with Gasteiger partial charge in [-0.05, 0) is 58.9 Å². The second kappa shape index (κ2) is 13.8. The van der Waals surface area contributed by atoms with E-state index in [1.807, 2.05) is 0 Å². The van der Waals surface area contributed by atoms with Crippen molar-refractivity contribution in [3.63, 3.8) is 0 Å². The van der Waals surface area contributed by atoms with Gasteiger partial charge >= 0.3 is 24.3 Å². The van der Waals surface area contributed by atoms with Crippen LogP contribution in [0.15, 0.2) is 24.3 Å². The number of aliphatic carboxylic acids is 2. The summed E-state index contributed by atoms with van der Waals surface area (Å²) in [5, 5.41) is 14.2. The molecule has 0 aliphatic carbocycles. The molecule has 8 nitrogen and oxygen atoms in total. The van der Waals surface area contributed by atoms with E-state index < -0.39 is 24.3 Å². The monoisotopic (exact) mass is 557 g/mol. The van der Waals surface area contributed by atoms with Crippen molar-refractivity contribution in [2.45, 2.75) is 45.1 Å². The number of benzene rings is 1. The van der Waals surface area contributed by atoms with E-state index >= 15 is 0 Å². The van der Waals surface area contributed by atoms with Gasteiger partial charge in [-0.1, -0.05) is 29.8 Å². The van der Waals surface area contributed by atoms with Crippen LogP contribution < -0.4 is 0 Å². The number of hydrogen-bond donors (Lipinski definition) is 2. The molecule has 0 unspecified atom stereocenters. The molecule has 1 amide bonds. The number of alkyl halides is 6. The predicted molar refractivity (Wildman–Crippen MR) is 125 cm³/mol. The van der Waals surface area contributed by atoms with Gasteiger partial charge in [-0.2, -0.15) is 26.3 Å². The van der Waals surface area contributed by atoms with Crippen molar-refractivity contribution in [1.82, 2.24) is 14.7 Å². The summed E-state index contributed by atoms with van der Waals surface area (Å²) in [6.07, 6.45) is -7.07. The summed E-state index contributed by atoms with van der Waals surface area (Å²) in [6.45, 7) is 8.01. The highest BCUT2D eigenvalue weighted by Crippen LogP contribution is 2.41. The zero-order chi connectivity index (χ0) is 29.3. The van der Waals surface area contributed by atoms with Gasteiger partial charge in [-0.3, -0.25) is 9.69 Å². The molecule has 0 atom stereocenters. The molecule has 1 aromatic rings. The van der Waals surface area contributed by atoms with Crippen LogP contribution in [0.25, 0.3) is 0 Å². The van der Waals surface area contributed by atoms with Gasteiger partial charge in [0, 0.05) is 26.2 Å². The lowest BCUT2D eigenvalue weighted by molar-refractivity contribution is -0.193. The van der Waals surface area contributed by atoms with Crippen molar-refractivity contribution in [1.29, 1.82) is 0 Å². The van der Waals surface area contributed by atoms with Crippen molar-refractivity contribution < 1.29 is 50.9 Å². The lowest BCUT2D eigenvalue weighted by Gasteiger charge is -2.38. The number of hydrogen-bond acceptors (Lipinski definition) is 5. The van der Waals surface area contributed by atoms with Crippen LogP contribution in [0, 0.1) is 12.3 Å². The van der Waals surface area contributed by atoms with Crippen LogP contribution in [0.1, 0.15) is 30.4 Å². The van der Waals surface area contributed by atoms with Gasteiger partial charge in [0.1, 0.15) is 0 Å². The SMILES string of the molecule is Cc1ccc(CN2CCC3(CC2)CCN(CCN(C)C)C3=O)cc1.O=C(O)C(F)(F)F.O=C(O)C(F)(F)F. The number of halogens is 6. The fourth-order valence-corrected chi connectivity index (χ4v) is 3.98. The first-order valence-electron chi connectivity index (χ1n) is 11.7. The number of piperidine rings is 1. The lowest BCUT2D eigenvalue weighted by Crippen LogP contribution is -2.45. The number of nitrogens with zero attached hydrogens (tertiary/aromatic N) is 3. The maximum absolute atomic E-state index is 12.9. The molecular weight excluding hydrogens is 524 g/mol. The number of amides is 1. The molecule has 2 fully saturated rings. The Labute approximate surface area is 216 Å². The fourth-order valence-electron chi connectivity index (χ4n) is 3.98. The molecule has 38 heavy (non-hydrogen) atoms. The molecule has 1 aromatic carbocycles. The van der Waals surface area contributed by atoms with Crippen molar-refractivity contribution >= 4 is 17.8 Å². The second-order valence-electron chi connectivity index (χ2n) is 9.49. The molecule has 0 bridgehead atoms. The van der Waals surface area contributed by atoms with E-state index in [9.17, 15) is 31.1 Å². The minimum atomic E-state index is -5.08. The van der Waals surface area contributed by atoms with Crippen LogP contribution >= 0.6 is 0 Å². The smallest absolute Gasteiger partial charge is 0.475 e. The summed E-state index contributed by atoms with van der Waals surface area (Å²) in [6, 6.07) is 8.82. The molecule has 0 radical (unpaired) electrons. The third-order valence-corrected chi connectivity index (χ3v) is 6.24. The average molecular weight is 558 g/mol. The molecule has 14 heteroatoms. The Hall–Kier alpha value is -2.87. The van der Waals surface area contributed by atoms with Crippen LogP contribution in [0.2, 0.25) is 0 Å². The number of carbonyl (C=O) groups excluding carboxylic acids is 1. The molecule has 2 saturated heterocycles. The van der Waals surface area contributed by atoms with Crippen LogP contribution in [0.4, 0.5) is 26.3 Å². The molecule has 2 aliphatic rings. The van der Waals surface area contributed by atoms with Crippen LogP contribution in [0.5, 0.6) is 0 Å². The zero-order valence-corrected chi connectivity index (χ0v) is 21.4. The number of carboxylic acids is 2. The van der Waals surface area contributed by atoms with Gasteiger partial charge in [0.25, 0.3) is 0 Å². The van der Waals surface area contributed by atoms with Gasteiger partial charge in [-0.15, -0.1) is 0 Å². The summed E-state index contributed by atoms with van der Waals surface area (Å²) < 4.78 is 63.5. The number of carbonyl (C=O) groups is 3. The quantitative estimate of drug-likeness (QED) is 0.534. The molecule has 0 aromatic heterocycles. The molecule has 2 heterocycles. The first-order chi connectivity index (χ1) is 17.4. The Balaban J connectivity index is 0.000000426. The molecule has 2 aliphatic heterocycles. The lowest BCUT2D eigenvalue weighted by atomic mass is 9.77. The standard InChI is InChI=1S/C20H31N3O.2C2HF3O2/c1-17-4-6-18(7-5-17)16-22-11-8-20(9-12-22)10-13-23(19(20)24)15-14-21(2)3;2*3-2(4,5)1(6)7/h4-7H,8-16H2,1-3H3;2*(H,6,7). The van der Waals surface area contributed by atoms with Gasteiger partial charge in [0.15, 0.2) is 0 Å². The predicted octanol–water partition coefficient (Wildman–Crippen LogP) is 3.64. The maximum atomic E-state index is 12.9. The summed E-state index contributed by atoms with van der Waals surface area (Å²) in [5.74, 6) is -5.10. The van der Waals surface area contributed by atoms with Crippen LogP contribution in [-0.4, -0.2) is 102 Å². The summed E-state index contributed by atoms with van der Waals surface area (Å²) in [7, 11) is 4.14. The molecule has 0 saturated carbocycles. The first kappa shape index (κ1) is 33.2. The van der Waals surface area contributed by atoms with Crippen molar-refractivity contribution in [3.8, 4) is 0 Å². The van der Waals surface area contributed by atoms with Gasteiger partial charge in [0.2, 0.25) is 5.91 Å². The fraction of sp³-hybridized carbons (Fsp3) is 0.625. The Morgan fingerprint density at radius 3 is 1.71 bits per heavy atom. The largest absolute Gasteiger partial charge is 0.490 e. The van der Waals surface area contributed by atoms with Crippen molar-refractivity contribution in [3.05, 3.63) is 35.4 Å². The number of likely N-dealkylation sites (N-methyl/N-ethyl adjacent to an activating group) is 1. The number of carboxylic acid groups (broad SMARTS) is 2. The topological polar surface area (TPSA) is 101 Å².